The van der Waals surface area contributed by atoms with Crippen LogP contribution in [0.5, 0.6) is 0 Å². The van der Waals surface area contributed by atoms with Gasteiger partial charge in [-0.05, 0) is 38.1 Å². The van der Waals surface area contributed by atoms with Gasteiger partial charge in [-0.3, -0.25) is 4.79 Å². The average Bonchev–Trinajstić information content (AvgIpc) is 3.27. The van der Waals surface area contributed by atoms with Gasteiger partial charge in [-0.2, -0.15) is 10.1 Å². The van der Waals surface area contributed by atoms with Crippen LogP contribution in [-0.2, 0) is 17.8 Å². The van der Waals surface area contributed by atoms with Crippen LogP contribution in [0.4, 0.5) is 4.39 Å². The fraction of sp³-hybridized carbons (Fsp3) is 0.211. The van der Waals surface area contributed by atoms with Crippen LogP contribution in [0, 0.1) is 19.7 Å². The molecule has 0 aliphatic heterocycles. The maximum absolute atomic E-state index is 13.3. The largest absolute Gasteiger partial charge is 0.352 e. The Morgan fingerprint density at radius 3 is 2.89 bits per heavy atom. The highest BCUT2D eigenvalue weighted by molar-refractivity contribution is 5.77. The zero-order chi connectivity index (χ0) is 19.7. The van der Waals surface area contributed by atoms with Gasteiger partial charge < -0.3 is 5.32 Å². The molecule has 0 bridgehead atoms. The Bertz CT molecular complexity index is 1160. The maximum Gasteiger partial charge on any atom is 0.252 e. The highest BCUT2D eigenvalue weighted by Gasteiger charge is 2.12. The highest BCUT2D eigenvalue weighted by Crippen LogP contribution is 2.10. The zero-order valence-electron chi connectivity index (χ0n) is 15.4. The molecule has 0 saturated heterocycles. The van der Waals surface area contributed by atoms with Gasteiger partial charge in [0.2, 0.25) is 5.91 Å². The lowest BCUT2D eigenvalue weighted by molar-refractivity contribution is -0.120. The summed E-state index contributed by atoms with van der Waals surface area (Å²) in [6.07, 6.45) is 3.43. The molecule has 4 rings (SSSR count). The van der Waals surface area contributed by atoms with Crippen molar-refractivity contribution in [3.8, 4) is 5.69 Å². The molecule has 28 heavy (non-hydrogen) atoms. The Balaban J connectivity index is 1.39. The number of nitrogens with zero attached hydrogens (tertiary/aromatic N) is 6. The van der Waals surface area contributed by atoms with E-state index in [4.69, 9.17) is 0 Å². The lowest BCUT2D eigenvalue weighted by Crippen LogP contribution is -2.24. The van der Waals surface area contributed by atoms with Crippen LogP contribution in [-0.4, -0.2) is 35.3 Å². The van der Waals surface area contributed by atoms with Crippen LogP contribution in [0.25, 0.3) is 11.5 Å². The molecule has 3 aromatic heterocycles. The second-order valence-electron chi connectivity index (χ2n) is 6.51. The molecule has 9 heteroatoms. The number of fused-ring (bicyclic) bond motifs is 1. The molecule has 0 aliphatic carbocycles. The van der Waals surface area contributed by atoms with E-state index in [1.54, 1.807) is 33.7 Å². The summed E-state index contributed by atoms with van der Waals surface area (Å²) in [5, 5.41) is 11.3. The summed E-state index contributed by atoms with van der Waals surface area (Å²) in [6, 6.07) is 8.04. The molecule has 0 unspecified atom stereocenters. The Hall–Kier alpha value is -3.62. The van der Waals surface area contributed by atoms with E-state index in [0.29, 0.717) is 23.8 Å². The summed E-state index contributed by atoms with van der Waals surface area (Å²) in [6.45, 7) is 4.10. The molecule has 1 N–H and O–H groups in total. The number of benzene rings is 1. The lowest BCUT2D eigenvalue weighted by Gasteiger charge is -2.02. The second kappa shape index (κ2) is 7.18. The minimum Gasteiger partial charge on any atom is -0.352 e. The van der Waals surface area contributed by atoms with Crippen LogP contribution in [0.3, 0.4) is 0 Å². The summed E-state index contributed by atoms with van der Waals surface area (Å²) in [5.74, 6) is 0.359. The number of carbonyl (C=O) groups excluding carboxylic acids is 1. The lowest BCUT2D eigenvalue weighted by atomic mass is 10.3. The van der Waals surface area contributed by atoms with Gasteiger partial charge in [0.05, 0.1) is 18.3 Å². The van der Waals surface area contributed by atoms with Crippen molar-refractivity contribution in [3.63, 3.8) is 0 Å². The molecule has 142 valence electrons. The van der Waals surface area contributed by atoms with Crippen molar-refractivity contribution in [2.45, 2.75) is 26.8 Å². The summed E-state index contributed by atoms with van der Waals surface area (Å²) >= 11 is 0. The average molecular weight is 379 g/mol. The predicted octanol–water partition coefficient (Wildman–Crippen LogP) is 1.92. The first kappa shape index (κ1) is 17.8. The van der Waals surface area contributed by atoms with E-state index >= 15 is 0 Å². The topological polar surface area (TPSA) is 90.0 Å². The molecule has 0 saturated carbocycles. The molecule has 0 fully saturated rings. The summed E-state index contributed by atoms with van der Waals surface area (Å²) in [4.78, 5) is 20.9. The van der Waals surface area contributed by atoms with Crippen molar-refractivity contribution < 1.29 is 9.18 Å². The smallest absolute Gasteiger partial charge is 0.252 e. The molecule has 1 aromatic carbocycles. The van der Waals surface area contributed by atoms with Gasteiger partial charge in [-0.1, -0.05) is 6.07 Å². The Kier molecular flexibility index (Phi) is 4.56. The number of aromatic nitrogens is 6. The quantitative estimate of drug-likeness (QED) is 0.572. The van der Waals surface area contributed by atoms with Crippen LogP contribution in [0.15, 0.2) is 42.7 Å². The van der Waals surface area contributed by atoms with E-state index in [1.807, 2.05) is 19.9 Å². The second-order valence-corrected chi connectivity index (χ2v) is 6.51. The van der Waals surface area contributed by atoms with Gasteiger partial charge in [0.25, 0.3) is 5.78 Å². The van der Waals surface area contributed by atoms with Crippen LogP contribution < -0.4 is 5.32 Å². The van der Waals surface area contributed by atoms with Gasteiger partial charge in [-0.25, -0.2) is 18.6 Å². The highest BCUT2D eigenvalue weighted by atomic mass is 19.1. The third-order valence-corrected chi connectivity index (χ3v) is 4.18. The van der Waals surface area contributed by atoms with Crippen LogP contribution in [0.2, 0.25) is 0 Å². The summed E-state index contributed by atoms with van der Waals surface area (Å²) < 4.78 is 16.5. The third-order valence-electron chi connectivity index (χ3n) is 4.18. The Labute approximate surface area is 160 Å². The minimum atomic E-state index is -0.331. The molecular formula is C19H18FN7O. The molecule has 0 aliphatic rings. The van der Waals surface area contributed by atoms with E-state index in [9.17, 15) is 9.18 Å². The number of hydrogen-bond acceptors (Lipinski definition) is 5. The maximum atomic E-state index is 13.3. The molecule has 0 radical (unpaired) electrons. The number of nitrogens with one attached hydrogen (secondary N) is 1. The molecule has 4 aromatic rings. The monoisotopic (exact) mass is 379 g/mol. The molecule has 1 amide bonds. The van der Waals surface area contributed by atoms with Crippen LogP contribution in [0.1, 0.15) is 22.8 Å². The fourth-order valence-corrected chi connectivity index (χ4v) is 2.90. The SMILES string of the molecule is Cc1cc(C)n2nc(CC(=O)NCc3cnn(-c4cccc(F)c4)c3)nc2n1. The number of rotatable bonds is 5. The Morgan fingerprint density at radius 1 is 1.21 bits per heavy atom. The summed E-state index contributed by atoms with van der Waals surface area (Å²) in [7, 11) is 0. The number of amides is 1. The first-order valence-corrected chi connectivity index (χ1v) is 8.74. The molecule has 3 heterocycles. The first-order valence-electron chi connectivity index (χ1n) is 8.74. The van der Waals surface area contributed by atoms with Crippen molar-refractivity contribution in [3.05, 3.63) is 71.3 Å². The van der Waals surface area contributed by atoms with Crippen LogP contribution >= 0.6 is 0 Å². The van der Waals surface area contributed by atoms with Gasteiger partial charge in [-0.15, -0.1) is 5.10 Å². The Morgan fingerprint density at radius 2 is 2.07 bits per heavy atom. The number of carbonyl (C=O) groups is 1. The van der Waals surface area contributed by atoms with Crippen molar-refractivity contribution in [1.82, 2.24) is 34.7 Å². The number of hydrogen-bond donors (Lipinski definition) is 1. The normalized spacial score (nSPS) is 11.1. The van der Waals surface area contributed by atoms with Gasteiger partial charge in [0.15, 0.2) is 5.82 Å². The van der Waals surface area contributed by atoms with Crippen molar-refractivity contribution in [1.29, 1.82) is 0 Å². The van der Waals surface area contributed by atoms with E-state index in [2.05, 4.69) is 25.5 Å². The van der Waals surface area contributed by atoms with Gasteiger partial charge in [0.1, 0.15) is 5.82 Å². The molecular weight excluding hydrogens is 361 g/mol. The van der Waals surface area contributed by atoms with E-state index in [1.165, 1.54) is 12.1 Å². The predicted molar refractivity (Wildman–Crippen MR) is 99.3 cm³/mol. The molecule has 0 atom stereocenters. The van der Waals surface area contributed by atoms with Gasteiger partial charge in [0, 0.05) is 29.7 Å². The number of aryl methyl sites for hydroxylation is 2. The fourth-order valence-electron chi connectivity index (χ4n) is 2.90. The summed E-state index contributed by atoms with van der Waals surface area (Å²) in [5.41, 5.74) is 3.17. The van der Waals surface area contributed by atoms with Crippen molar-refractivity contribution in [2.75, 3.05) is 0 Å². The first-order chi connectivity index (χ1) is 13.5. The number of halogens is 1. The van der Waals surface area contributed by atoms with E-state index < -0.39 is 0 Å². The standard InChI is InChI=1S/C19H18FN7O/c1-12-6-13(2)27-19(23-12)24-17(25-27)8-18(28)21-9-14-10-22-26(11-14)16-5-3-4-15(20)7-16/h3-7,10-11H,8-9H2,1-2H3,(H,21,28). The minimum absolute atomic E-state index is 0.0554. The van der Waals surface area contributed by atoms with Gasteiger partial charge >= 0.3 is 0 Å². The van der Waals surface area contributed by atoms with E-state index in [-0.39, 0.29) is 18.1 Å². The molecule has 0 spiro atoms. The zero-order valence-corrected chi connectivity index (χ0v) is 15.4. The molecule has 8 nitrogen and oxygen atoms in total. The third kappa shape index (κ3) is 3.73. The van der Waals surface area contributed by atoms with Crippen molar-refractivity contribution >= 4 is 11.7 Å². The van der Waals surface area contributed by atoms with Crippen molar-refractivity contribution in [2.24, 2.45) is 0 Å². The van der Waals surface area contributed by atoms with E-state index in [0.717, 1.165) is 17.0 Å².